The smallest absolute Gasteiger partial charge is 0.287 e. The molecule has 108 valence electrons. The van der Waals surface area contributed by atoms with Gasteiger partial charge in [-0.1, -0.05) is 6.07 Å². The van der Waals surface area contributed by atoms with Crippen LogP contribution < -0.4 is 15.4 Å². The van der Waals surface area contributed by atoms with Gasteiger partial charge in [0.15, 0.2) is 11.9 Å². The van der Waals surface area contributed by atoms with Crippen LogP contribution in [0.2, 0.25) is 0 Å². The molecule has 21 heavy (non-hydrogen) atoms. The van der Waals surface area contributed by atoms with Crippen molar-refractivity contribution in [1.29, 1.82) is 0 Å². The van der Waals surface area contributed by atoms with Crippen molar-refractivity contribution in [3.8, 4) is 5.75 Å². The van der Waals surface area contributed by atoms with Gasteiger partial charge in [0.25, 0.3) is 11.8 Å². The second-order valence-corrected chi connectivity index (χ2v) is 4.74. The Kier molecular flexibility index (Phi) is 3.35. The summed E-state index contributed by atoms with van der Waals surface area (Å²) in [4.78, 5) is 23.3. The molecule has 1 aliphatic rings. The van der Waals surface area contributed by atoms with Gasteiger partial charge in [-0.05, 0) is 36.8 Å². The predicted molar refractivity (Wildman–Crippen MR) is 75.0 cm³/mol. The third kappa shape index (κ3) is 2.74. The first-order chi connectivity index (χ1) is 10.1. The van der Waals surface area contributed by atoms with Gasteiger partial charge in [0.1, 0.15) is 5.75 Å². The largest absolute Gasteiger partial charge is 0.479 e. The molecule has 0 bridgehead atoms. The number of hydrogen-bond acceptors (Lipinski definition) is 4. The Labute approximate surface area is 121 Å². The minimum absolute atomic E-state index is 0.181. The number of furan rings is 1. The highest BCUT2D eigenvalue weighted by atomic mass is 16.5. The van der Waals surface area contributed by atoms with E-state index in [4.69, 9.17) is 9.15 Å². The van der Waals surface area contributed by atoms with E-state index >= 15 is 0 Å². The quantitative estimate of drug-likeness (QED) is 0.903. The molecule has 1 atom stereocenters. The van der Waals surface area contributed by atoms with E-state index in [1.807, 2.05) is 6.07 Å². The van der Waals surface area contributed by atoms with Crippen molar-refractivity contribution in [3.05, 3.63) is 47.9 Å². The third-order valence-corrected chi connectivity index (χ3v) is 3.17. The zero-order valence-corrected chi connectivity index (χ0v) is 11.4. The highest BCUT2D eigenvalue weighted by Crippen LogP contribution is 2.30. The molecular formula is C15H14N2O4. The summed E-state index contributed by atoms with van der Waals surface area (Å²) in [6.45, 7) is 2.02. The lowest BCUT2D eigenvalue weighted by Gasteiger charge is -2.23. The molecular weight excluding hydrogens is 272 g/mol. The average molecular weight is 286 g/mol. The number of anilines is 1. The molecule has 3 rings (SSSR count). The number of nitrogens with one attached hydrogen (secondary N) is 2. The van der Waals surface area contributed by atoms with Crippen LogP contribution in [0.4, 0.5) is 5.69 Å². The van der Waals surface area contributed by atoms with Gasteiger partial charge in [-0.3, -0.25) is 9.59 Å². The van der Waals surface area contributed by atoms with Crippen LogP contribution in [0.25, 0.3) is 0 Å². The van der Waals surface area contributed by atoms with Crippen LogP contribution in [0.3, 0.4) is 0 Å². The summed E-state index contributed by atoms with van der Waals surface area (Å²) < 4.78 is 10.5. The van der Waals surface area contributed by atoms with Gasteiger partial charge < -0.3 is 19.8 Å². The Morgan fingerprint density at radius 2 is 2.24 bits per heavy atom. The first-order valence-electron chi connectivity index (χ1n) is 6.55. The molecule has 0 spiro atoms. The second kappa shape index (κ2) is 5.32. The first-order valence-corrected chi connectivity index (χ1v) is 6.55. The van der Waals surface area contributed by atoms with Crippen LogP contribution in [0.1, 0.15) is 23.0 Å². The number of rotatable bonds is 3. The first kappa shape index (κ1) is 13.2. The third-order valence-electron chi connectivity index (χ3n) is 3.17. The molecule has 0 saturated heterocycles. The van der Waals surface area contributed by atoms with Crippen molar-refractivity contribution in [2.45, 2.75) is 19.6 Å². The molecule has 0 radical (unpaired) electrons. The van der Waals surface area contributed by atoms with Gasteiger partial charge in [0, 0.05) is 6.54 Å². The summed E-state index contributed by atoms with van der Waals surface area (Å²) in [5.41, 5.74) is 1.47. The van der Waals surface area contributed by atoms with Gasteiger partial charge in [-0.15, -0.1) is 0 Å². The van der Waals surface area contributed by atoms with Crippen LogP contribution >= 0.6 is 0 Å². The molecule has 0 aliphatic carbocycles. The minimum Gasteiger partial charge on any atom is -0.479 e. The lowest BCUT2D eigenvalue weighted by molar-refractivity contribution is -0.122. The number of carbonyl (C=O) groups is 2. The van der Waals surface area contributed by atoms with Gasteiger partial charge in [0.2, 0.25) is 0 Å². The fourth-order valence-electron chi connectivity index (χ4n) is 2.04. The van der Waals surface area contributed by atoms with Crippen molar-refractivity contribution in [3.63, 3.8) is 0 Å². The van der Waals surface area contributed by atoms with Crippen molar-refractivity contribution in [2.24, 2.45) is 0 Å². The number of carbonyl (C=O) groups excluding carboxylic acids is 2. The monoisotopic (exact) mass is 286 g/mol. The van der Waals surface area contributed by atoms with Crippen molar-refractivity contribution in [1.82, 2.24) is 5.32 Å². The Balaban J connectivity index is 1.69. The van der Waals surface area contributed by atoms with Crippen LogP contribution in [-0.2, 0) is 11.3 Å². The van der Waals surface area contributed by atoms with E-state index in [0.717, 1.165) is 5.56 Å². The van der Waals surface area contributed by atoms with Gasteiger partial charge in [-0.2, -0.15) is 0 Å². The fraction of sp³-hybridized carbons (Fsp3) is 0.200. The van der Waals surface area contributed by atoms with E-state index in [1.165, 1.54) is 6.26 Å². The second-order valence-electron chi connectivity index (χ2n) is 4.74. The molecule has 2 amide bonds. The van der Waals surface area contributed by atoms with Crippen molar-refractivity contribution in [2.75, 3.05) is 5.32 Å². The Hall–Kier alpha value is -2.76. The van der Waals surface area contributed by atoms with E-state index in [-0.39, 0.29) is 17.6 Å². The van der Waals surface area contributed by atoms with Gasteiger partial charge in [0.05, 0.1) is 12.0 Å². The minimum atomic E-state index is -0.498. The van der Waals surface area contributed by atoms with E-state index in [9.17, 15) is 9.59 Å². The maximum atomic E-state index is 11.8. The molecule has 0 fully saturated rings. The summed E-state index contributed by atoms with van der Waals surface area (Å²) in [7, 11) is 0. The maximum absolute atomic E-state index is 11.8. The molecule has 6 heteroatoms. The molecule has 1 aromatic carbocycles. The number of fused-ring (bicyclic) bond motifs is 1. The van der Waals surface area contributed by atoms with Crippen LogP contribution in [0, 0.1) is 0 Å². The Bertz CT molecular complexity index is 679. The summed E-state index contributed by atoms with van der Waals surface area (Å²) in [5, 5.41) is 5.51. The van der Waals surface area contributed by atoms with E-state index in [1.54, 1.807) is 31.2 Å². The molecule has 1 aromatic heterocycles. The summed E-state index contributed by atoms with van der Waals surface area (Å²) in [6, 6.07) is 8.64. The van der Waals surface area contributed by atoms with Crippen molar-refractivity contribution >= 4 is 17.5 Å². The fourth-order valence-corrected chi connectivity index (χ4v) is 2.04. The molecule has 2 heterocycles. The molecule has 0 saturated carbocycles. The van der Waals surface area contributed by atoms with Crippen molar-refractivity contribution < 1.29 is 18.7 Å². The highest BCUT2D eigenvalue weighted by Gasteiger charge is 2.23. The van der Waals surface area contributed by atoms with Gasteiger partial charge >= 0.3 is 0 Å². The zero-order valence-electron chi connectivity index (χ0n) is 11.4. The molecule has 2 aromatic rings. The number of benzene rings is 1. The summed E-state index contributed by atoms with van der Waals surface area (Å²) in [5.74, 6) is 0.424. The van der Waals surface area contributed by atoms with E-state index in [0.29, 0.717) is 18.0 Å². The summed E-state index contributed by atoms with van der Waals surface area (Å²) >= 11 is 0. The van der Waals surface area contributed by atoms with Gasteiger partial charge in [-0.25, -0.2) is 0 Å². The number of amides is 2. The number of hydrogen-bond donors (Lipinski definition) is 2. The van der Waals surface area contributed by atoms with E-state index < -0.39 is 6.10 Å². The SMILES string of the molecule is CC1Oc2ccc(CNC(=O)c3ccco3)cc2NC1=O. The summed E-state index contributed by atoms with van der Waals surface area (Å²) in [6.07, 6.45) is 0.948. The standard InChI is InChI=1S/C15H14N2O4/c1-9-14(18)17-11-7-10(4-5-12(11)21-9)8-16-15(19)13-3-2-6-20-13/h2-7,9H,8H2,1H3,(H,16,19)(H,17,18). The number of ether oxygens (including phenoxy) is 1. The maximum Gasteiger partial charge on any atom is 0.287 e. The molecule has 2 N–H and O–H groups in total. The normalized spacial score (nSPS) is 16.6. The van der Waals surface area contributed by atoms with Crippen LogP contribution in [0.15, 0.2) is 41.0 Å². The molecule has 1 aliphatic heterocycles. The lowest BCUT2D eigenvalue weighted by Crippen LogP contribution is -2.34. The molecule has 1 unspecified atom stereocenters. The Morgan fingerprint density at radius 1 is 1.38 bits per heavy atom. The Morgan fingerprint density at radius 3 is 3.00 bits per heavy atom. The lowest BCUT2D eigenvalue weighted by atomic mass is 10.1. The topological polar surface area (TPSA) is 80.6 Å². The predicted octanol–water partition coefficient (Wildman–Crippen LogP) is 1.93. The van der Waals surface area contributed by atoms with Crippen LogP contribution in [-0.4, -0.2) is 17.9 Å². The highest BCUT2D eigenvalue weighted by molar-refractivity contribution is 5.97. The van der Waals surface area contributed by atoms with Crippen LogP contribution in [0.5, 0.6) is 5.75 Å². The average Bonchev–Trinajstić information content (AvgIpc) is 3.00. The molecule has 6 nitrogen and oxygen atoms in total. The zero-order chi connectivity index (χ0) is 14.8. The van der Waals surface area contributed by atoms with E-state index in [2.05, 4.69) is 10.6 Å².